The van der Waals surface area contributed by atoms with Crippen molar-refractivity contribution in [1.29, 1.82) is 0 Å². The quantitative estimate of drug-likeness (QED) is 0.628. The molecule has 66 valence electrons. The zero-order valence-corrected chi connectivity index (χ0v) is 7.42. The highest BCUT2D eigenvalue weighted by molar-refractivity contribution is 5.77. The zero-order valence-electron chi connectivity index (χ0n) is 7.42. The van der Waals surface area contributed by atoms with Gasteiger partial charge in [-0.05, 0) is 6.42 Å². The summed E-state index contributed by atoms with van der Waals surface area (Å²) in [7, 11) is 0. The first-order valence-electron chi connectivity index (χ1n) is 4.03. The van der Waals surface area contributed by atoms with Crippen molar-refractivity contribution in [2.24, 2.45) is 5.92 Å². The van der Waals surface area contributed by atoms with Gasteiger partial charge in [-0.2, -0.15) is 0 Å². The average Bonchev–Trinajstić information content (AvgIpc) is 1.99. The minimum atomic E-state index is -0.405. The molecule has 0 aliphatic heterocycles. The van der Waals surface area contributed by atoms with Gasteiger partial charge in [-0.15, -0.1) is 0 Å². The highest BCUT2D eigenvalue weighted by atomic mass is 16.3. The second kappa shape index (κ2) is 5.13. The first kappa shape index (κ1) is 10.4. The Morgan fingerprint density at radius 3 is 2.45 bits per heavy atom. The van der Waals surface area contributed by atoms with Crippen molar-refractivity contribution < 1.29 is 9.90 Å². The van der Waals surface area contributed by atoms with Crippen LogP contribution in [0.25, 0.3) is 0 Å². The molecule has 0 aromatic carbocycles. The fourth-order valence-electron chi connectivity index (χ4n) is 0.567. The van der Waals surface area contributed by atoms with Crippen LogP contribution in [0.4, 0.5) is 0 Å². The Balaban J connectivity index is 3.46. The minimum absolute atomic E-state index is 0.000874. The predicted molar refractivity (Wildman–Crippen MR) is 44.1 cm³/mol. The van der Waals surface area contributed by atoms with Gasteiger partial charge in [-0.3, -0.25) is 4.79 Å². The molecular weight excluding hydrogens is 142 g/mol. The van der Waals surface area contributed by atoms with Gasteiger partial charge >= 0.3 is 0 Å². The fraction of sp³-hybridized carbons (Fsp3) is 0.875. The molecule has 0 fully saturated rings. The Morgan fingerprint density at radius 2 is 2.09 bits per heavy atom. The largest absolute Gasteiger partial charge is 0.391 e. The van der Waals surface area contributed by atoms with Crippen LogP contribution in [0, 0.1) is 5.92 Å². The van der Waals surface area contributed by atoms with Crippen molar-refractivity contribution in [1.82, 2.24) is 5.32 Å². The number of rotatable bonds is 4. The lowest BCUT2D eigenvalue weighted by Gasteiger charge is -2.10. The Morgan fingerprint density at radius 1 is 1.55 bits per heavy atom. The van der Waals surface area contributed by atoms with Gasteiger partial charge in [0.1, 0.15) is 0 Å². The second-order valence-electron chi connectivity index (χ2n) is 2.96. The van der Waals surface area contributed by atoms with Crippen LogP contribution >= 0.6 is 0 Å². The van der Waals surface area contributed by atoms with E-state index in [0.717, 1.165) is 0 Å². The van der Waals surface area contributed by atoms with Crippen LogP contribution in [0.2, 0.25) is 0 Å². The van der Waals surface area contributed by atoms with Crippen LogP contribution in [0.3, 0.4) is 0 Å². The first-order valence-corrected chi connectivity index (χ1v) is 4.03. The first-order chi connectivity index (χ1) is 5.07. The summed E-state index contributed by atoms with van der Waals surface area (Å²) < 4.78 is 0. The Bertz CT molecular complexity index is 123. The SMILES string of the molecule is CC[C@@H](O)CNC(=O)C(C)C. The lowest BCUT2D eigenvalue weighted by Crippen LogP contribution is -2.34. The maximum Gasteiger partial charge on any atom is 0.222 e. The molecule has 0 saturated heterocycles. The van der Waals surface area contributed by atoms with E-state index in [1.54, 1.807) is 0 Å². The lowest BCUT2D eigenvalue weighted by atomic mass is 10.2. The van der Waals surface area contributed by atoms with Crippen molar-refractivity contribution in [3.8, 4) is 0 Å². The van der Waals surface area contributed by atoms with Crippen molar-refractivity contribution >= 4 is 5.91 Å². The third kappa shape index (κ3) is 4.79. The van der Waals surface area contributed by atoms with Gasteiger partial charge in [0.25, 0.3) is 0 Å². The van der Waals surface area contributed by atoms with E-state index in [1.165, 1.54) is 0 Å². The molecule has 3 nitrogen and oxygen atoms in total. The van der Waals surface area contributed by atoms with E-state index < -0.39 is 6.10 Å². The summed E-state index contributed by atoms with van der Waals surface area (Å²) in [5, 5.41) is 11.7. The van der Waals surface area contributed by atoms with E-state index in [1.807, 2.05) is 20.8 Å². The summed E-state index contributed by atoms with van der Waals surface area (Å²) >= 11 is 0. The number of carbonyl (C=O) groups is 1. The van der Waals surface area contributed by atoms with Gasteiger partial charge in [0.2, 0.25) is 5.91 Å². The molecular formula is C8H17NO2. The monoisotopic (exact) mass is 159 g/mol. The summed E-state index contributed by atoms with van der Waals surface area (Å²) in [6, 6.07) is 0. The third-order valence-corrected chi connectivity index (χ3v) is 1.51. The summed E-state index contributed by atoms with van der Waals surface area (Å²) in [5.74, 6) is -0.00319. The Kier molecular flexibility index (Phi) is 4.86. The maximum absolute atomic E-state index is 10.9. The van der Waals surface area contributed by atoms with E-state index in [4.69, 9.17) is 5.11 Å². The molecule has 1 atom stereocenters. The molecule has 0 radical (unpaired) electrons. The molecule has 0 unspecified atom stereocenters. The van der Waals surface area contributed by atoms with Crippen LogP contribution in [0.1, 0.15) is 27.2 Å². The molecule has 2 N–H and O–H groups in total. The predicted octanol–water partition coefficient (Wildman–Crippen LogP) is 0.529. The topological polar surface area (TPSA) is 49.3 Å². The average molecular weight is 159 g/mol. The fourth-order valence-corrected chi connectivity index (χ4v) is 0.567. The molecule has 0 aliphatic rings. The molecule has 3 heteroatoms. The number of amides is 1. The number of carbonyl (C=O) groups excluding carboxylic acids is 1. The second-order valence-corrected chi connectivity index (χ2v) is 2.96. The van der Waals surface area contributed by atoms with E-state index in [-0.39, 0.29) is 11.8 Å². The highest BCUT2D eigenvalue weighted by Crippen LogP contribution is 1.92. The number of aliphatic hydroxyl groups excluding tert-OH is 1. The van der Waals surface area contributed by atoms with Crippen molar-refractivity contribution in [3.63, 3.8) is 0 Å². The van der Waals surface area contributed by atoms with Gasteiger partial charge in [0.15, 0.2) is 0 Å². The van der Waals surface area contributed by atoms with Gasteiger partial charge in [-0.1, -0.05) is 20.8 Å². The molecule has 0 bridgehead atoms. The third-order valence-electron chi connectivity index (χ3n) is 1.51. The van der Waals surface area contributed by atoms with Crippen LogP contribution in [0.15, 0.2) is 0 Å². The molecule has 0 aromatic rings. The molecule has 1 amide bonds. The van der Waals surface area contributed by atoms with Crippen LogP contribution in [-0.4, -0.2) is 23.7 Å². The van der Waals surface area contributed by atoms with Gasteiger partial charge in [-0.25, -0.2) is 0 Å². The number of aliphatic hydroxyl groups is 1. The van der Waals surface area contributed by atoms with Crippen molar-refractivity contribution in [2.45, 2.75) is 33.3 Å². The Hall–Kier alpha value is -0.570. The highest BCUT2D eigenvalue weighted by Gasteiger charge is 2.07. The van der Waals surface area contributed by atoms with Crippen LogP contribution in [-0.2, 0) is 4.79 Å². The van der Waals surface area contributed by atoms with Gasteiger partial charge in [0, 0.05) is 12.5 Å². The standard InChI is InChI=1S/C8H17NO2/c1-4-7(10)5-9-8(11)6(2)3/h6-7,10H,4-5H2,1-3H3,(H,9,11)/t7-/m1/s1. The van der Waals surface area contributed by atoms with Crippen molar-refractivity contribution in [2.75, 3.05) is 6.54 Å². The van der Waals surface area contributed by atoms with Crippen LogP contribution in [0.5, 0.6) is 0 Å². The molecule has 11 heavy (non-hydrogen) atoms. The molecule has 0 rings (SSSR count). The molecule has 0 saturated carbocycles. The lowest BCUT2D eigenvalue weighted by molar-refractivity contribution is -0.124. The maximum atomic E-state index is 10.9. The number of nitrogens with one attached hydrogen (secondary N) is 1. The molecule has 0 heterocycles. The van der Waals surface area contributed by atoms with Gasteiger partial charge < -0.3 is 10.4 Å². The van der Waals surface area contributed by atoms with Crippen LogP contribution < -0.4 is 5.32 Å². The summed E-state index contributed by atoms with van der Waals surface area (Å²) in [4.78, 5) is 10.9. The van der Waals surface area contributed by atoms with E-state index >= 15 is 0 Å². The number of hydrogen-bond donors (Lipinski definition) is 2. The molecule has 0 aliphatic carbocycles. The van der Waals surface area contributed by atoms with Crippen molar-refractivity contribution in [3.05, 3.63) is 0 Å². The summed E-state index contributed by atoms with van der Waals surface area (Å²) in [6.07, 6.45) is 0.274. The summed E-state index contributed by atoms with van der Waals surface area (Å²) in [6.45, 7) is 5.90. The summed E-state index contributed by atoms with van der Waals surface area (Å²) in [5.41, 5.74) is 0. The van der Waals surface area contributed by atoms with E-state index in [2.05, 4.69) is 5.32 Å². The Labute approximate surface area is 67.8 Å². The normalized spacial score (nSPS) is 13.2. The number of hydrogen-bond acceptors (Lipinski definition) is 2. The smallest absolute Gasteiger partial charge is 0.222 e. The van der Waals surface area contributed by atoms with E-state index in [0.29, 0.717) is 13.0 Å². The molecule has 0 aromatic heterocycles. The minimum Gasteiger partial charge on any atom is -0.391 e. The molecule has 0 spiro atoms. The zero-order chi connectivity index (χ0) is 8.85. The van der Waals surface area contributed by atoms with E-state index in [9.17, 15) is 4.79 Å². The van der Waals surface area contributed by atoms with Gasteiger partial charge in [0.05, 0.1) is 6.10 Å².